The third-order valence-corrected chi connectivity index (χ3v) is 6.23. The lowest BCUT2D eigenvalue weighted by Crippen LogP contribution is -2.17. The van der Waals surface area contributed by atoms with E-state index in [0.29, 0.717) is 23.7 Å². The molecule has 0 aliphatic rings. The minimum absolute atomic E-state index is 0.306. The Balaban J connectivity index is 1.47. The molecule has 0 unspecified atom stereocenters. The van der Waals surface area contributed by atoms with Crippen molar-refractivity contribution in [2.24, 2.45) is 5.10 Å². The van der Waals surface area contributed by atoms with Crippen molar-refractivity contribution >= 4 is 28.1 Å². The maximum atomic E-state index is 12.7. The van der Waals surface area contributed by atoms with Crippen LogP contribution in [0.3, 0.4) is 0 Å². The predicted molar refractivity (Wildman–Crippen MR) is 147 cm³/mol. The highest BCUT2D eigenvalue weighted by Crippen LogP contribution is 2.33. The molecular weight excluding hydrogens is 518 g/mol. The number of aromatic nitrogens is 1. The van der Waals surface area contributed by atoms with Gasteiger partial charge in [-0.3, -0.25) is 4.79 Å². The van der Waals surface area contributed by atoms with Crippen LogP contribution in [0.5, 0.6) is 11.5 Å². The first-order chi connectivity index (χ1) is 17.5. The van der Waals surface area contributed by atoms with Gasteiger partial charge < -0.3 is 14.0 Å². The Hall–Kier alpha value is -4.10. The van der Waals surface area contributed by atoms with Gasteiger partial charge in [-0.25, -0.2) is 5.43 Å². The van der Waals surface area contributed by atoms with Gasteiger partial charge in [0.05, 0.1) is 19.0 Å². The number of hydrogen-bond donors (Lipinski definition) is 1. The molecule has 0 fully saturated rings. The van der Waals surface area contributed by atoms with Gasteiger partial charge in [-0.15, -0.1) is 0 Å². The van der Waals surface area contributed by atoms with Gasteiger partial charge in [-0.05, 0) is 76.9 Å². The number of rotatable bonds is 9. The van der Waals surface area contributed by atoms with E-state index in [-0.39, 0.29) is 5.91 Å². The third kappa shape index (κ3) is 5.58. The van der Waals surface area contributed by atoms with E-state index in [1.165, 1.54) is 0 Å². The highest BCUT2D eigenvalue weighted by Gasteiger charge is 2.12. The number of carbonyl (C=O) groups excluding carboxylic acids is 1. The molecule has 0 aliphatic heterocycles. The van der Waals surface area contributed by atoms with Crippen molar-refractivity contribution in [2.75, 3.05) is 13.7 Å². The quantitative estimate of drug-likeness (QED) is 0.148. The van der Waals surface area contributed by atoms with E-state index in [1.807, 2.05) is 30.3 Å². The van der Waals surface area contributed by atoms with Gasteiger partial charge in [-0.2, -0.15) is 5.10 Å². The molecular formula is C29H26BrN3O3. The molecule has 182 valence electrons. The molecule has 6 nitrogen and oxygen atoms in total. The van der Waals surface area contributed by atoms with Crippen LogP contribution in [-0.2, 0) is 0 Å². The van der Waals surface area contributed by atoms with Crippen molar-refractivity contribution in [1.29, 1.82) is 0 Å². The number of benzene rings is 3. The molecule has 4 aromatic rings. The highest BCUT2D eigenvalue weighted by atomic mass is 79.9. The lowest BCUT2D eigenvalue weighted by molar-refractivity contribution is 0.0955. The first kappa shape index (κ1) is 25.0. The Bertz CT molecular complexity index is 1390. The molecule has 1 aromatic heterocycles. The Kier molecular flexibility index (Phi) is 8.02. The van der Waals surface area contributed by atoms with E-state index in [2.05, 4.69) is 68.8 Å². The number of carbonyl (C=O) groups is 1. The average molecular weight is 544 g/mol. The maximum Gasteiger partial charge on any atom is 0.271 e. The summed E-state index contributed by atoms with van der Waals surface area (Å²) in [5, 5.41) is 4.11. The molecule has 1 amide bonds. The fraction of sp³-hybridized carbons (Fsp3) is 0.103. The SMILES string of the molecule is C=CCOc1cc(Br)c(/C=N/NC(=O)c2ccc(-n3c(C)ccc3-c3ccccc3)cc2)cc1OC. The van der Waals surface area contributed by atoms with Gasteiger partial charge in [0.2, 0.25) is 0 Å². The first-order valence-electron chi connectivity index (χ1n) is 11.3. The number of ether oxygens (including phenoxy) is 2. The van der Waals surface area contributed by atoms with Crippen LogP contribution < -0.4 is 14.9 Å². The number of amides is 1. The van der Waals surface area contributed by atoms with E-state index in [0.717, 1.165) is 32.7 Å². The van der Waals surface area contributed by atoms with Gasteiger partial charge in [0, 0.05) is 27.0 Å². The Morgan fingerprint density at radius 2 is 1.81 bits per heavy atom. The molecule has 4 rings (SSSR count). The fourth-order valence-electron chi connectivity index (χ4n) is 3.77. The zero-order valence-corrected chi connectivity index (χ0v) is 21.7. The van der Waals surface area contributed by atoms with Crippen LogP contribution in [0.15, 0.2) is 101 Å². The zero-order chi connectivity index (χ0) is 25.5. The molecule has 0 atom stereocenters. The molecule has 0 radical (unpaired) electrons. The van der Waals surface area contributed by atoms with Crippen LogP contribution in [0.4, 0.5) is 0 Å². The Labute approximate surface area is 219 Å². The first-order valence-corrected chi connectivity index (χ1v) is 12.1. The summed E-state index contributed by atoms with van der Waals surface area (Å²) in [4.78, 5) is 12.7. The molecule has 0 saturated carbocycles. The van der Waals surface area contributed by atoms with Gasteiger partial charge in [0.25, 0.3) is 5.91 Å². The number of methoxy groups -OCH3 is 1. The van der Waals surface area contributed by atoms with Crippen LogP contribution in [0.2, 0.25) is 0 Å². The number of hydrogen-bond acceptors (Lipinski definition) is 4. The number of nitrogens with zero attached hydrogens (tertiary/aromatic N) is 2. The van der Waals surface area contributed by atoms with E-state index >= 15 is 0 Å². The summed E-state index contributed by atoms with van der Waals surface area (Å²) in [5.74, 6) is 0.830. The lowest BCUT2D eigenvalue weighted by atomic mass is 10.1. The molecule has 0 bridgehead atoms. The summed E-state index contributed by atoms with van der Waals surface area (Å²) in [6, 6.07) is 25.4. The van der Waals surface area contributed by atoms with Crippen molar-refractivity contribution < 1.29 is 14.3 Å². The van der Waals surface area contributed by atoms with Crippen LogP contribution in [0.1, 0.15) is 21.6 Å². The second kappa shape index (κ2) is 11.6. The molecule has 0 saturated heterocycles. The Morgan fingerprint density at radius 1 is 1.06 bits per heavy atom. The van der Waals surface area contributed by atoms with Crippen molar-refractivity contribution in [2.45, 2.75) is 6.92 Å². The fourth-order valence-corrected chi connectivity index (χ4v) is 4.20. The summed E-state index contributed by atoms with van der Waals surface area (Å²) < 4.78 is 13.9. The number of hydrazone groups is 1. The monoisotopic (exact) mass is 543 g/mol. The Morgan fingerprint density at radius 3 is 2.50 bits per heavy atom. The standard InChI is InChI=1S/C29H26BrN3O3/c1-4-16-36-28-18-25(30)23(17-27(28)35-3)19-31-32-29(34)22-11-13-24(14-12-22)33-20(2)10-15-26(33)21-8-6-5-7-9-21/h4-15,17-19H,1,16H2,2-3H3,(H,32,34)/b31-19+. The molecule has 1 N–H and O–H groups in total. The summed E-state index contributed by atoms with van der Waals surface area (Å²) in [5.41, 5.74) is 8.13. The zero-order valence-electron chi connectivity index (χ0n) is 20.1. The van der Waals surface area contributed by atoms with Crippen molar-refractivity contribution in [3.63, 3.8) is 0 Å². The van der Waals surface area contributed by atoms with E-state index in [1.54, 1.807) is 43.7 Å². The molecule has 36 heavy (non-hydrogen) atoms. The van der Waals surface area contributed by atoms with Gasteiger partial charge >= 0.3 is 0 Å². The third-order valence-electron chi connectivity index (χ3n) is 5.54. The lowest BCUT2D eigenvalue weighted by Gasteiger charge is -2.13. The summed E-state index contributed by atoms with van der Waals surface area (Å²) in [7, 11) is 1.56. The van der Waals surface area contributed by atoms with Crippen LogP contribution >= 0.6 is 15.9 Å². The number of halogens is 1. The summed E-state index contributed by atoms with van der Waals surface area (Å²) in [6.07, 6.45) is 3.21. The van der Waals surface area contributed by atoms with Crippen molar-refractivity contribution in [1.82, 2.24) is 9.99 Å². The van der Waals surface area contributed by atoms with Gasteiger partial charge in [0.15, 0.2) is 11.5 Å². The smallest absolute Gasteiger partial charge is 0.271 e. The number of aryl methyl sites for hydroxylation is 1. The maximum absolute atomic E-state index is 12.7. The highest BCUT2D eigenvalue weighted by molar-refractivity contribution is 9.10. The summed E-state index contributed by atoms with van der Waals surface area (Å²) >= 11 is 3.50. The molecule has 1 heterocycles. The van der Waals surface area contributed by atoms with Crippen LogP contribution in [-0.4, -0.2) is 30.4 Å². The minimum atomic E-state index is -0.306. The van der Waals surface area contributed by atoms with E-state index in [4.69, 9.17) is 9.47 Å². The molecule has 7 heteroatoms. The molecule has 0 aliphatic carbocycles. The van der Waals surface area contributed by atoms with E-state index < -0.39 is 0 Å². The van der Waals surface area contributed by atoms with Gasteiger partial charge in [0.1, 0.15) is 6.61 Å². The van der Waals surface area contributed by atoms with Crippen molar-refractivity contribution in [3.05, 3.63) is 113 Å². The van der Waals surface area contributed by atoms with Crippen molar-refractivity contribution in [3.8, 4) is 28.4 Å². The number of nitrogens with one attached hydrogen (secondary N) is 1. The summed E-state index contributed by atoms with van der Waals surface area (Å²) in [6.45, 7) is 6.08. The minimum Gasteiger partial charge on any atom is -0.493 e. The average Bonchev–Trinajstić information content (AvgIpc) is 3.30. The second-order valence-corrected chi connectivity index (χ2v) is 8.79. The molecule has 0 spiro atoms. The normalized spacial score (nSPS) is 10.9. The second-order valence-electron chi connectivity index (χ2n) is 7.93. The van der Waals surface area contributed by atoms with Gasteiger partial charge in [-0.1, -0.05) is 43.0 Å². The topological polar surface area (TPSA) is 64.8 Å². The van der Waals surface area contributed by atoms with Crippen LogP contribution in [0.25, 0.3) is 16.9 Å². The van der Waals surface area contributed by atoms with E-state index in [9.17, 15) is 4.79 Å². The largest absolute Gasteiger partial charge is 0.493 e. The van der Waals surface area contributed by atoms with Crippen LogP contribution in [0, 0.1) is 6.92 Å². The predicted octanol–water partition coefficient (Wildman–Crippen LogP) is 6.55. The molecule has 3 aromatic carbocycles.